The molecular formula is C17H12F5NO4. The SMILES string of the molecule is O=C(O)C1=C(CF)NC2=C(C(=O)OC2)C1c1cc(F)cc(F)c1C(F)CF. The van der Waals surface area contributed by atoms with Gasteiger partial charge in [0.15, 0.2) is 6.17 Å². The number of hydrogen-bond acceptors (Lipinski definition) is 4. The molecule has 0 radical (unpaired) electrons. The number of nitrogens with one attached hydrogen (secondary N) is 1. The van der Waals surface area contributed by atoms with Gasteiger partial charge in [-0.1, -0.05) is 0 Å². The summed E-state index contributed by atoms with van der Waals surface area (Å²) in [5.74, 6) is -7.09. The van der Waals surface area contributed by atoms with E-state index in [4.69, 9.17) is 4.74 Å². The van der Waals surface area contributed by atoms with E-state index in [1.54, 1.807) is 0 Å². The highest BCUT2D eigenvalue weighted by molar-refractivity contribution is 6.00. The van der Waals surface area contributed by atoms with Gasteiger partial charge in [0, 0.05) is 11.6 Å². The van der Waals surface area contributed by atoms with E-state index >= 15 is 0 Å². The van der Waals surface area contributed by atoms with Crippen molar-refractivity contribution in [1.82, 2.24) is 5.32 Å². The second kappa shape index (κ2) is 7.01. The molecule has 5 nitrogen and oxygen atoms in total. The number of aliphatic carboxylic acids is 1. The fraction of sp³-hybridized carbons (Fsp3) is 0.294. The number of dihydropyridines is 1. The molecule has 0 fully saturated rings. The summed E-state index contributed by atoms with van der Waals surface area (Å²) in [6, 6.07) is 0.913. The number of rotatable bonds is 5. The number of benzene rings is 1. The molecule has 0 saturated carbocycles. The average Bonchev–Trinajstić information content (AvgIpc) is 2.99. The van der Waals surface area contributed by atoms with Crippen LogP contribution in [0.4, 0.5) is 22.0 Å². The maximum Gasteiger partial charge on any atom is 0.337 e. The highest BCUT2D eigenvalue weighted by Crippen LogP contribution is 2.44. The minimum absolute atomic E-state index is 0.00562. The minimum Gasteiger partial charge on any atom is -0.478 e. The highest BCUT2D eigenvalue weighted by atomic mass is 19.2. The molecule has 0 spiro atoms. The first-order valence-corrected chi connectivity index (χ1v) is 7.68. The Balaban J connectivity index is 2.34. The number of halogens is 5. The smallest absolute Gasteiger partial charge is 0.337 e. The van der Waals surface area contributed by atoms with Crippen LogP contribution in [0.3, 0.4) is 0 Å². The maximum absolute atomic E-state index is 14.2. The van der Waals surface area contributed by atoms with E-state index in [2.05, 4.69) is 5.32 Å². The van der Waals surface area contributed by atoms with Crippen LogP contribution >= 0.6 is 0 Å². The normalized spacial score (nSPS) is 20.3. The lowest BCUT2D eigenvalue weighted by Gasteiger charge is -2.29. The largest absolute Gasteiger partial charge is 0.478 e. The summed E-state index contributed by atoms with van der Waals surface area (Å²) in [5.41, 5.74) is -3.12. The molecule has 0 amide bonds. The van der Waals surface area contributed by atoms with Crippen LogP contribution in [0.15, 0.2) is 34.7 Å². The van der Waals surface area contributed by atoms with Crippen LogP contribution in [0, 0.1) is 11.6 Å². The Kier molecular flexibility index (Phi) is 4.90. The van der Waals surface area contributed by atoms with E-state index in [0.717, 1.165) is 0 Å². The van der Waals surface area contributed by atoms with Gasteiger partial charge in [0.25, 0.3) is 0 Å². The molecule has 1 aromatic rings. The molecule has 1 aromatic carbocycles. The molecule has 0 bridgehead atoms. The number of carboxylic acid groups (broad SMARTS) is 1. The first-order valence-electron chi connectivity index (χ1n) is 7.68. The number of cyclic esters (lactones) is 1. The topological polar surface area (TPSA) is 75.6 Å². The maximum atomic E-state index is 14.2. The van der Waals surface area contributed by atoms with Gasteiger partial charge in [0.1, 0.15) is 31.6 Å². The molecule has 2 unspecified atom stereocenters. The van der Waals surface area contributed by atoms with Crippen molar-refractivity contribution in [2.24, 2.45) is 0 Å². The Bertz CT molecular complexity index is 896. The fourth-order valence-corrected chi connectivity index (χ4v) is 3.30. The van der Waals surface area contributed by atoms with Gasteiger partial charge in [-0.25, -0.2) is 31.5 Å². The standard InChI is InChI=1S/C17H12F5NO4/c18-3-9(22)12-7(1-6(20)2-8(12)21)13-14(16(24)25)10(4-19)23-11-5-27-17(26)15(11)13/h1-2,9,13,23H,3-5H2,(H,24,25). The van der Waals surface area contributed by atoms with Crippen LogP contribution in [0.5, 0.6) is 0 Å². The number of hydrogen-bond donors (Lipinski definition) is 2. The monoisotopic (exact) mass is 389 g/mol. The van der Waals surface area contributed by atoms with Crippen molar-refractivity contribution in [2.75, 3.05) is 20.0 Å². The van der Waals surface area contributed by atoms with Crippen molar-refractivity contribution in [3.05, 3.63) is 57.4 Å². The second-order valence-corrected chi connectivity index (χ2v) is 5.87. The van der Waals surface area contributed by atoms with Gasteiger partial charge in [-0.05, 0) is 11.6 Å². The second-order valence-electron chi connectivity index (χ2n) is 5.87. The van der Waals surface area contributed by atoms with E-state index in [9.17, 15) is 36.6 Å². The molecule has 0 saturated heterocycles. The van der Waals surface area contributed by atoms with Crippen molar-refractivity contribution in [3.8, 4) is 0 Å². The average molecular weight is 389 g/mol. The van der Waals surface area contributed by atoms with Crippen LogP contribution in [0.1, 0.15) is 23.2 Å². The summed E-state index contributed by atoms with van der Waals surface area (Å²) >= 11 is 0. The molecule has 0 aromatic heterocycles. The molecule has 0 aliphatic carbocycles. The number of allylic oxidation sites excluding steroid dienone is 1. The van der Waals surface area contributed by atoms with Gasteiger partial charge < -0.3 is 15.2 Å². The predicted octanol–water partition coefficient (Wildman–Crippen LogP) is 2.75. The Labute approximate surface area is 149 Å². The number of carbonyl (C=O) groups excluding carboxylic acids is 1. The van der Waals surface area contributed by atoms with Crippen LogP contribution in [0.2, 0.25) is 0 Å². The number of ether oxygens (including phenoxy) is 1. The zero-order chi connectivity index (χ0) is 19.9. The lowest BCUT2D eigenvalue weighted by Crippen LogP contribution is -2.32. The first kappa shape index (κ1) is 18.9. The van der Waals surface area contributed by atoms with Crippen molar-refractivity contribution >= 4 is 11.9 Å². The Hall–Kier alpha value is -2.91. The van der Waals surface area contributed by atoms with E-state index in [1.807, 2.05) is 0 Å². The summed E-state index contributed by atoms with van der Waals surface area (Å²) in [6.07, 6.45) is -2.54. The molecule has 144 valence electrons. The van der Waals surface area contributed by atoms with Gasteiger partial charge in [-0.3, -0.25) is 0 Å². The van der Waals surface area contributed by atoms with E-state index < -0.39 is 71.4 Å². The molecule has 2 heterocycles. The third kappa shape index (κ3) is 3.04. The minimum atomic E-state index is -2.54. The molecule has 2 aliphatic heterocycles. The van der Waals surface area contributed by atoms with Gasteiger partial charge in [-0.15, -0.1) is 0 Å². The number of esters is 1. The molecule has 2 aliphatic rings. The number of carboxylic acids is 1. The Morgan fingerprint density at radius 2 is 2.04 bits per heavy atom. The lowest BCUT2D eigenvalue weighted by molar-refractivity contribution is -0.136. The Morgan fingerprint density at radius 1 is 1.33 bits per heavy atom. The molecule has 2 N–H and O–H groups in total. The van der Waals surface area contributed by atoms with Crippen molar-refractivity contribution < 1.29 is 41.4 Å². The molecule has 3 rings (SSSR count). The molecule has 27 heavy (non-hydrogen) atoms. The summed E-state index contributed by atoms with van der Waals surface area (Å²) in [7, 11) is 0. The zero-order valence-corrected chi connectivity index (χ0v) is 13.5. The number of alkyl halides is 3. The first-order chi connectivity index (χ1) is 12.8. The Morgan fingerprint density at radius 3 is 2.63 bits per heavy atom. The van der Waals surface area contributed by atoms with Gasteiger partial charge >= 0.3 is 11.9 Å². The summed E-state index contributed by atoms with van der Waals surface area (Å²) in [4.78, 5) is 23.8. The van der Waals surface area contributed by atoms with E-state index in [0.29, 0.717) is 12.1 Å². The van der Waals surface area contributed by atoms with E-state index in [-0.39, 0.29) is 17.9 Å². The molecule has 10 heteroatoms. The lowest BCUT2D eigenvalue weighted by atomic mass is 9.78. The number of carbonyl (C=O) groups is 2. The van der Waals surface area contributed by atoms with Crippen molar-refractivity contribution in [2.45, 2.75) is 12.1 Å². The van der Waals surface area contributed by atoms with Crippen molar-refractivity contribution in [3.63, 3.8) is 0 Å². The third-order valence-electron chi connectivity index (χ3n) is 4.35. The quantitative estimate of drug-likeness (QED) is 0.598. The van der Waals surface area contributed by atoms with Gasteiger partial charge in [-0.2, -0.15) is 0 Å². The summed E-state index contributed by atoms with van der Waals surface area (Å²) < 4.78 is 73.2. The predicted molar refractivity (Wildman–Crippen MR) is 80.7 cm³/mol. The summed E-state index contributed by atoms with van der Waals surface area (Å²) in [6.45, 7) is -3.33. The van der Waals surface area contributed by atoms with Gasteiger partial charge in [0.05, 0.1) is 28.5 Å². The summed E-state index contributed by atoms with van der Waals surface area (Å²) in [5, 5.41) is 11.9. The molecule has 2 atom stereocenters. The third-order valence-corrected chi connectivity index (χ3v) is 4.35. The van der Waals surface area contributed by atoms with Crippen LogP contribution in [0.25, 0.3) is 0 Å². The molecular weight excluding hydrogens is 377 g/mol. The van der Waals surface area contributed by atoms with Crippen LogP contribution < -0.4 is 5.32 Å². The van der Waals surface area contributed by atoms with Gasteiger partial charge in [0.2, 0.25) is 0 Å². The van der Waals surface area contributed by atoms with E-state index in [1.165, 1.54) is 0 Å². The fourth-order valence-electron chi connectivity index (χ4n) is 3.30. The van der Waals surface area contributed by atoms with Crippen LogP contribution in [-0.4, -0.2) is 37.0 Å². The van der Waals surface area contributed by atoms with Crippen LogP contribution in [-0.2, 0) is 14.3 Å². The zero-order valence-electron chi connectivity index (χ0n) is 13.5. The highest BCUT2D eigenvalue weighted by Gasteiger charge is 2.44. The van der Waals surface area contributed by atoms with Crippen molar-refractivity contribution in [1.29, 1.82) is 0 Å².